The van der Waals surface area contributed by atoms with Crippen molar-refractivity contribution in [2.75, 3.05) is 19.8 Å². The smallest absolute Gasteiger partial charge is 0.282 e. The molecule has 0 bridgehead atoms. The van der Waals surface area contributed by atoms with Gasteiger partial charge in [0.25, 0.3) is 6.02 Å². The lowest BCUT2D eigenvalue weighted by Crippen LogP contribution is -2.37. The molecule has 0 aromatic rings. The number of hydrogen-bond acceptors (Lipinski definition) is 4. The van der Waals surface area contributed by atoms with E-state index < -0.39 is 0 Å². The zero-order valence-electron chi connectivity index (χ0n) is 7.95. The van der Waals surface area contributed by atoms with Crippen molar-refractivity contribution in [3.63, 3.8) is 0 Å². The molecule has 0 amide bonds. The van der Waals surface area contributed by atoms with E-state index in [2.05, 4.69) is 11.9 Å². The zero-order chi connectivity index (χ0) is 9.31. The van der Waals surface area contributed by atoms with E-state index in [-0.39, 0.29) is 5.54 Å². The summed E-state index contributed by atoms with van der Waals surface area (Å²) in [7, 11) is 0. The van der Waals surface area contributed by atoms with Crippen molar-refractivity contribution in [2.24, 2.45) is 16.6 Å². The quantitative estimate of drug-likeness (QED) is 0.680. The molecular weight excluding hydrogens is 168 g/mol. The average molecular weight is 184 g/mol. The van der Waals surface area contributed by atoms with Gasteiger partial charge < -0.3 is 15.2 Å². The fraction of sp³-hybridized carbons (Fsp3) is 0.889. The third kappa shape index (κ3) is 1.39. The number of hydrogen-bond donors (Lipinski definition) is 1. The summed E-state index contributed by atoms with van der Waals surface area (Å²) in [6.07, 6.45) is 2.05. The molecule has 2 aliphatic rings. The maximum Gasteiger partial charge on any atom is 0.282 e. The van der Waals surface area contributed by atoms with Gasteiger partial charge in [-0.25, -0.2) is 4.99 Å². The predicted molar refractivity (Wildman–Crippen MR) is 49.5 cm³/mol. The Bertz CT molecular complexity index is 224. The lowest BCUT2D eigenvalue weighted by atomic mass is 9.82. The van der Waals surface area contributed by atoms with Crippen molar-refractivity contribution < 1.29 is 9.47 Å². The second-order valence-corrected chi connectivity index (χ2v) is 3.76. The van der Waals surface area contributed by atoms with Gasteiger partial charge in [0.1, 0.15) is 12.1 Å². The highest BCUT2D eigenvalue weighted by Gasteiger charge is 2.43. The second kappa shape index (κ2) is 3.18. The van der Waals surface area contributed by atoms with Gasteiger partial charge in [-0.3, -0.25) is 0 Å². The molecule has 4 heteroatoms. The molecular formula is C9H16N2O2. The number of aliphatic imine (C=N–C) groups is 1. The van der Waals surface area contributed by atoms with Crippen molar-refractivity contribution >= 4 is 6.02 Å². The fourth-order valence-corrected chi connectivity index (χ4v) is 2.12. The molecule has 4 nitrogen and oxygen atoms in total. The normalized spacial score (nSPS) is 38.8. The van der Waals surface area contributed by atoms with Gasteiger partial charge in [-0.15, -0.1) is 0 Å². The number of rotatable bonds is 2. The Morgan fingerprint density at radius 3 is 3.00 bits per heavy atom. The maximum atomic E-state index is 5.54. The number of nitrogens with zero attached hydrogens (tertiary/aromatic N) is 1. The van der Waals surface area contributed by atoms with Gasteiger partial charge >= 0.3 is 0 Å². The van der Waals surface area contributed by atoms with E-state index in [1.807, 2.05) is 0 Å². The van der Waals surface area contributed by atoms with E-state index in [0.717, 1.165) is 26.1 Å². The lowest BCUT2D eigenvalue weighted by Gasteiger charge is -2.27. The summed E-state index contributed by atoms with van der Waals surface area (Å²) in [5.74, 6) is 0.485. The Balaban J connectivity index is 2.15. The van der Waals surface area contributed by atoms with Crippen LogP contribution in [0.1, 0.15) is 19.8 Å². The van der Waals surface area contributed by atoms with Crippen LogP contribution >= 0.6 is 0 Å². The third-order valence-corrected chi connectivity index (χ3v) is 3.10. The monoisotopic (exact) mass is 184 g/mol. The summed E-state index contributed by atoms with van der Waals surface area (Å²) in [5, 5.41) is 0. The summed E-state index contributed by atoms with van der Waals surface area (Å²) >= 11 is 0. The number of ether oxygens (including phenoxy) is 2. The van der Waals surface area contributed by atoms with Crippen LogP contribution in [0.4, 0.5) is 0 Å². The van der Waals surface area contributed by atoms with Crippen LogP contribution in [0.25, 0.3) is 0 Å². The second-order valence-electron chi connectivity index (χ2n) is 3.76. The number of amidine groups is 1. The Morgan fingerprint density at radius 1 is 1.69 bits per heavy atom. The van der Waals surface area contributed by atoms with Gasteiger partial charge in [0, 0.05) is 12.5 Å². The van der Waals surface area contributed by atoms with Gasteiger partial charge in [0.05, 0.1) is 6.61 Å². The Morgan fingerprint density at radius 2 is 2.54 bits per heavy atom. The fourth-order valence-electron chi connectivity index (χ4n) is 2.12. The largest absolute Gasteiger partial charge is 0.463 e. The molecule has 2 N–H and O–H groups in total. The van der Waals surface area contributed by atoms with Crippen LogP contribution in [0.15, 0.2) is 4.99 Å². The molecule has 1 saturated heterocycles. The first-order valence-electron chi connectivity index (χ1n) is 4.83. The average Bonchev–Trinajstić information content (AvgIpc) is 2.73. The zero-order valence-corrected chi connectivity index (χ0v) is 7.95. The highest BCUT2D eigenvalue weighted by Crippen LogP contribution is 2.35. The minimum absolute atomic E-state index is 0.0966. The topological polar surface area (TPSA) is 56.8 Å². The standard InChI is InChI=1S/C9H16N2O2/c1-2-9(6-13-8(10)11-9)7-3-4-12-5-7/h7H,2-6H2,1H3,(H2,10,11). The van der Waals surface area contributed by atoms with Crippen molar-refractivity contribution in [3.8, 4) is 0 Å². The highest BCUT2D eigenvalue weighted by atomic mass is 16.5. The first-order valence-corrected chi connectivity index (χ1v) is 4.83. The van der Waals surface area contributed by atoms with Gasteiger partial charge in [-0.1, -0.05) is 6.92 Å². The van der Waals surface area contributed by atoms with Crippen molar-refractivity contribution in [3.05, 3.63) is 0 Å². The van der Waals surface area contributed by atoms with Crippen molar-refractivity contribution in [1.29, 1.82) is 0 Å². The van der Waals surface area contributed by atoms with E-state index in [1.54, 1.807) is 0 Å². The van der Waals surface area contributed by atoms with Crippen molar-refractivity contribution in [1.82, 2.24) is 0 Å². The predicted octanol–water partition coefficient (Wildman–Crippen LogP) is 0.517. The summed E-state index contributed by atoms with van der Waals surface area (Å²) in [6, 6.07) is 0.341. The summed E-state index contributed by atoms with van der Waals surface area (Å²) in [6.45, 7) is 4.41. The Hall–Kier alpha value is -0.770. The van der Waals surface area contributed by atoms with E-state index in [1.165, 1.54) is 0 Å². The molecule has 0 saturated carbocycles. The molecule has 2 rings (SSSR count). The lowest BCUT2D eigenvalue weighted by molar-refractivity contribution is 0.141. The van der Waals surface area contributed by atoms with Crippen LogP contribution in [-0.4, -0.2) is 31.4 Å². The Kier molecular flexibility index (Phi) is 2.15. The molecule has 0 radical (unpaired) electrons. The number of nitrogens with two attached hydrogens (primary N) is 1. The molecule has 2 aliphatic heterocycles. The van der Waals surface area contributed by atoms with Crippen LogP contribution < -0.4 is 5.73 Å². The van der Waals surface area contributed by atoms with Crippen LogP contribution in [0.5, 0.6) is 0 Å². The van der Waals surface area contributed by atoms with E-state index in [9.17, 15) is 0 Å². The molecule has 0 spiro atoms. The van der Waals surface area contributed by atoms with Crippen LogP contribution in [0.2, 0.25) is 0 Å². The van der Waals surface area contributed by atoms with Crippen molar-refractivity contribution in [2.45, 2.75) is 25.3 Å². The first kappa shape index (κ1) is 8.81. The minimum Gasteiger partial charge on any atom is -0.463 e. The maximum absolute atomic E-state index is 5.54. The Labute approximate surface area is 78.1 Å². The summed E-state index contributed by atoms with van der Waals surface area (Å²) in [5.41, 5.74) is 5.44. The third-order valence-electron chi connectivity index (χ3n) is 3.10. The molecule has 0 aromatic carbocycles. The van der Waals surface area contributed by atoms with E-state index in [0.29, 0.717) is 18.5 Å². The molecule has 0 aliphatic carbocycles. The van der Waals surface area contributed by atoms with E-state index in [4.69, 9.17) is 15.2 Å². The molecule has 2 heterocycles. The van der Waals surface area contributed by atoms with Gasteiger partial charge in [-0.05, 0) is 12.8 Å². The summed E-state index contributed by atoms with van der Waals surface area (Å²) < 4.78 is 10.6. The molecule has 13 heavy (non-hydrogen) atoms. The van der Waals surface area contributed by atoms with Crippen LogP contribution in [0, 0.1) is 5.92 Å². The van der Waals surface area contributed by atoms with Crippen LogP contribution in [0.3, 0.4) is 0 Å². The minimum atomic E-state index is -0.0966. The summed E-state index contributed by atoms with van der Waals surface area (Å²) in [4.78, 5) is 4.41. The van der Waals surface area contributed by atoms with Gasteiger partial charge in [0.2, 0.25) is 0 Å². The SMILES string of the molecule is CCC1(C2CCOC2)COC(N)=N1. The molecule has 0 aromatic heterocycles. The highest BCUT2D eigenvalue weighted by molar-refractivity contribution is 5.73. The first-order chi connectivity index (χ1) is 6.27. The van der Waals surface area contributed by atoms with E-state index >= 15 is 0 Å². The van der Waals surface area contributed by atoms with Gasteiger partial charge in [-0.2, -0.15) is 0 Å². The molecule has 1 fully saturated rings. The molecule has 2 unspecified atom stereocenters. The van der Waals surface area contributed by atoms with Gasteiger partial charge in [0.15, 0.2) is 0 Å². The molecule has 74 valence electrons. The molecule has 2 atom stereocenters. The van der Waals surface area contributed by atoms with Crippen LogP contribution in [-0.2, 0) is 9.47 Å².